The normalized spacial score (nSPS) is 29.0. The third-order valence-corrected chi connectivity index (χ3v) is 9.93. The van der Waals surface area contributed by atoms with Crippen molar-refractivity contribution in [2.45, 2.75) is 145 Å². The molecule has 8 atom stereocenters. The molecule has 1 aliphatic rings. The van der Waals surface area contributed by atoms with E-state index in [-0.39, 0.29) is 8.85 Å². The predicted molar refractivity (Wildman–Crippen MR) is 210 cm³/mol. The predicted octanol–water partition coefficient (Wildman–Crippen LogP) is 11.1. The van der Waals surface area contributed by atoms with Gasteiger partial charge in [-0.1, -0.05) is 73.7 Å². The molecule has 0 aromatic carbocycles. The second-order valence-corrected chi connectivity index (χ2v) is 14.6. The van der Waals surface area contributed by atoms with Crippen LogP contribution in [0.1, 0.15) is 147 Å². The Kier molecular flexibility index (Phi) is 28.6. The van der Waals surface area contributed by atoms with Gasteiger partial charge >= 0.3 is 0 Å². The van der Waals surface area contributed by atoms with Crippen LogP contribution in [0.25, 0.3) is 0 Å². The van der Waals surface area contributed by atoms with E-state index in [1.165, 1.54) is 51.4 Å². The molecule has 268 valence electrons. The SMILES string of the molecule is C.C#CC#CC#CCC1CC(C)CC(C)CCOCCCC(C)CC(C)CC(C#CC#CC#C)CC(CC)CCCOCCC(CC)C1.[HH]. The van der Waals surface area contributed by atoms with Crippen molar-refractivity contribution in [1.82, 2.24) is 0 Å². The van der Waals surface area contributed by atoms with Crippen molar-refractivity contribution < 1.29 is 10.9 Å². The topological polar surface area (TPSA) is 18.5 Å². The van der Waals surface area contributed by atoms with Gasteiger partial charge in [0.15, 0.2) is 0 Å². The van der Waals surface area contributed by atoms with Crippen LogP contribution in [0.2, 0.25) is 0 Å². The molecule has 0 aromatic rings. The molecule has 2 heteroatoms. The summed E-state index contributed by atoms with van der Waals surface area (Å²) in [4.78, 5) is 0. The number of hydrogen-bond acceptors (Lipinski definition) is 2. The van der Waals surface area contributed by atoms with E-state index in [9.17, 15) is 0 Å². The Morgan fingerprint density at radius 2 is 1.10 bits per heavy atom. The van der Waals surface area contributed by atoms with Crippen LogP contribution >= 0.6 is 0 Å². The zero-order valence-corrected chi connectivity index (χ0v) is 31.0. The zero-order chi connectivity index (χ0) is 34.5. The molecule has 2 nitrogen and oxygen atoms in total. The van der Waals surface area contributed by atoms with Crippen LogP contribution in [0, 0.1) is 119 Å². The molecule has 0 bridgehead atoms. The maximum Gasteiger partial charge on any atom is 0.0468 e. The first kappa shape index (κ1) is 45.3. The lowest BCUT2D eigenvalue weighted by Crippen LogP contribution is -2.16. The number of rotatable bonds is 3. The summed E-state index contributed by atoms with van der Waals surface area (Å²) >= 11 is 0. The highest BCUT2D eigenvalue weighted by atomic mass is 16.5. The van der Waals surface area contributed by atoms with Crippen LogP contribution in [0.15, 0.2) is 0 Å². The lowest BCUT2D eigenvalue weighted by molar-refractivity contribution is 0.105. The van der Waals surface area contributed by atoms with Gasteiger partial charge in [-0.05, 0) is 166 Å². The lowest BCUT2D eigenvalue weighted by Gasteiger charge is -2.26. The molecule has 1 heterocycles. The maximum atomic E-state index is 6.22. The molecule has 0 aromatic heterocycles. The average molecular weight is 657 g/mol. The Labute approximate surface area is 301 Å². The highest BCUT2D eigenvalue weighted by molar-refractivity contribution is 5.34. The van der Waals surface area contributed by atoms with Gasteiger partial charge in [-0.15, -0.1) is 12.8 Å². The minimum absolute atomic E-state index is 0. The van der Waals surface area contributed by atoms with Crippen molar-refractivity contribution in [2.75, 3.05) is 26.4 Å². The first-order valence-corrected chi connectivity index (χ1v) is 18.9. The fourth-order valence-corrected chi connectivity index (χ4v) is 7.44. The first-order valence-electron chi connectivity index (χ1n) is 18.9. The van der Waals surface area contributed by atoms with Crippen molar-refractivity contribution in [1.29, 1.82) is 0 Å². The van der Waals surface area contributed by atoms with Gasteiger partial charge in [0.2, 0.25) is 0 Å². The van der Waals surface area contributed by atoms with E-state index in [2.05, 4.69) is 101 Å². The van der Waals surface area contributed by atoms with Crippen LogP contribution in [-0.2, 0) is 9.47 Å². The third kappa shape index (κ3) is 24.4. The summed E-state index contributed by atoms with van der Waals surface area (Å²) in [5, 5.41) is 0. The fourth-order valence-electron chi connectivity index (χ4n) is 7.44. The van der Waals surface area contributed by atoms with Crippen LogP contribution in [0.4, 0.5) is 0 Å². The number of ether oxygens (including phenoxy) is 2. The molecule has 0 N–H and O–H groups in total. The van der Waals surface area contributed by atoms with Crippen LogP contribution < -0.4 is 0 Å². The van der Waals surface area contributed by atoms with Crippen LogP contribution in [-0.4, -0.2) is 26.4 Å². The van der Waals surface area contributed by atoms with E-state index in [4.69, 9.17) is 22.3 Å². The van der Waals surface area contributed by atoms with Crippen molar-refractivity contribution >= 4 is 0 Å². The Hall–Kier alpha value is -2.72. The fraction of sp³-hybridized carbons (Fsp3) is 0.739. The summed E-state index contributed by atoms with van der Waals surface area (Å²) in [6, 6.07) is 0. The highest BCUT2D eigenvalue weighted by Gasteiger charge is 2.21. The number of terminal acetylenes is 2. The molecule has 8 unspecified atom stereocenters. The minimum atomic E-state index is 0. The summed E-state index contributed by atoms with van der Waals surface area (Å²) < 4.78 is 12.3. The molecule has 0 radical (unpaired) electrons. The van der Waals surface area contributed by atoms with Gasteiger partial charge in [0.05, 0.1) is 0 Å². The van der Waals surface area contributed by atoms with Gasteiger partial charge < -0.3 is 9.47 Å². The summed E-state index contributed by atoms with van der Waals surface area (Å²) in [6.07, 6.45) is 27.8. The largest absolute Gasteiger partial charge is 0.381 e. The van der Waals surface area contributed by atoms with Gasteiger partial charge in [-0.2, -0.15) is 0 Å². The molecule has 0 spiro atoms. The van der Waals surface area contributed by atoms with Gasteiger partial charge in [-0.3, -0.25) is 0 Å². The van der Waals surface area contributed by atoms with Crippen molar-refractivity contribution in [3.05, 3.63) is 0 Å². The smallest absolute Gasteiger partial charge is 0.0468 e. The molecule has 0 saturated carbocycles. The second kappa shape index (κ2) is 30.3. The molecular weight excluding hydrogens is 585 g/mol. The van der Waals surface area contributed by atoms with E-state index in [1.807, 2.05) is 0 Å². The zero-order valence-electron chi connectivity index (χ0n) is 31.0. The molecule has 0 aliphatic carbocycles. The highest BCUT2D eigenvalue weighted by Crippen LogP contribution is 2.31. The summed E-state index contributed by atoms with van der Waals surface area (Å²) in [6.45, 7) is 17.6. The van der Waals surface area contributed by atoms with E-state index in [1.54, 1.807) is 0 Å². The molecule has 1 fully saturated rings. The van der Waals surface area contributed by atoms with Gasteiger partial charge in [0, 0.05) is 40.2 Å². The molecule has 48 heavy (non-hydrogen) atoms. The van der Waals surface area contributed by atoms with Crippen molar-refractivity contribution in [2.24, 2.45) is 47.3 Å². The van der Waals surface area contributed by atoms with E-state index >= 15 is 0 Å². The van der Waals surface area contributed by atoms with Gasteiger partial charge in [-0.25, -0.2) is 0 Å². The van der Waals surface area contributed by atoms with E-state index in [0.29, 0.717) is 47.3 Å². The minimum Gasteiger partial charge on any atom is -0.381 e. The molecule has 1 aliphatic heterocycles. The quantitative estimate of drug-likeness (QED) is 0.282. The van der Waals surface area contributed by atoms with Crippen molar-refractivity contribution in [3.8, 4) is 72.1 Å². The maximum absolute atomic E-state index is 6.22. The monoisotopic (exact) mass is 657 g/mol. The molecular formula is C46H72O2. The Morgan fingerprint density at radius 3 is 1.75 bits per heavy atom. The van der Waals surface area contributed by atoms with E-state index < -0.39 is 0 Å². The third-order valence-electron chi connectivity index (χ3n) is 9.93. The summed E-state index contributed by atoms with van der Waals surface area (Å²) in [7, 11) is 0. The number of hydrogen-bond donors (Lipinski definition) is 0. The Morgan fingerprint density at radius 1 is 0.542 bits per heavy atom. The first-order chi connectivity index (χ1) is 22.8. The second-order valence-electron chi connectivity index (χ2n) is 14.6. The van der Waals surface area contributed by atoms with Crippen molar-refractivity contribution in [3.63, 3.8) is 0 Å². The van der Waals surface area contributed by atoms with Crippen LogP contribution in [0.3, 0.4) is 0 Å². The Balaban J connectivity index is 0. The lowest BCUT2D eigenvalue weighted by atomic mass is 9.81. The summed E-state index contributed by atoms with van der Waals surface area (Å²) in [5.74, 6) is 33.4. The standard InChI is InChI=1S/C45H66O2.CH4.H2/c1-9-13-15-17-19-24-45-35-41(8)33-39(6)26-30-46-28-20-22-38(5)32-40(7)34-44(23-18-16-14-10-2)36-42(11-3)25-21-29-47-31-27-43(12-4)37-45;;/h1-2,38-45H,11-12,20-22,24-37H2,3-8H3;1H4;1H. The Bertz CT molecular complexity index is 1160. The average Bonchev–Trinajstić information content (AvgIpc) is 3.04. The molecule has 1 saturated heterocycles. The molecule has 0 amide bonds. The van der Waals surface area contributed by atoms with Gasteiger partial charge in [0.1, 0.15) is 0 Å². The van der Waals surface area contributed by atoms with Crippen LogP contribution in [0.5, 0.6) is 0 Å². The van der Waals surface area contributed by atoms with E-state index in [0.717, 1.165) is 71.4 Å². The molecule has 1 rings (SSSR count). The van der Waals surface area contributed by atoms with Gasteiger partial charge in [0.25, 0.3) is 0 Å². The summed E-state index contributed by atoms with van der Waals surface area (Å²) in [5.41, 5.74) is 0.